The van der Waals surface area contributed by atoms with Gasteiger partial charge in [0.15, 0.2) is 4.34 Å². The molecule has 10 heteroatoms. The predicted octanol–water partition coefficient (Wildman–Crippen LogP) is 9.26. The number of aryl methyl sites for hydroxylation is 1. The Kier molecular flexibility index (Phi) is 9.12. The van der Waals surface area contributed by atoms with E-state index in [-0.39, 0.29) is 16.5 Å². The second-order valence-corrected chi connectivity index (χ2v) is 14.4. The molecule has 1 atom stereocenters. The van der Waals surface area contributed by atoms with Gasteiger partial charge in [-0.25, -0.2) is 0 Å². The summed E-state index contributed by atoms with van der Waals surface area (Å²) in [5.74, 6) is -0.565. The van der Waals surface area contributed by atoms with Crippen LogP contribution in [0.2, 0.25) is 0 Å². The van der Waals surface area contributed by atoms with Crippen molar-refractivity contribution >= 4 is 72.4 Å². The van der Waals surface area contributed by atoms with E-state index in [1.807, 2.05) is 67.6 Å². The molecule has 0 aliphatic carbocycles. The van der Waals surface area contributed by atoms with E-state index in [2.05, 4.69) is 56.5 Å². The summed E-state index contributed by atoms with van der Waals surface area (Å²) >= 11 is 6.23. The zero-order chi connectivity index (χ0) is 33.2. The molecular formula is C38H28BrN3O4S2. The molecule has 1 fully saturated rings. The summed E-state index contributed by atoms with van der Waals surface area (Å²) in [5, 5.41) is 22.9. The number of halogens is 1. The van der Waals surface area contributed by atoms with Crippen LogP contribution in [0.3, 0.4) is 0 Å². The Balaban J connectivity index is 1.17. The van der Waals surface area contributed by atoms with Gasteiger partial charge in [0.25, 0.3) is 5.78 Å². The van der Waals surface area contributed by atoms with Crippen LogP contribution in [0.25, 0.3) is 16.5 Å². The first-order valence-corrected chi connectivity index (χ1v) is 17.7. The number of carbonyl (C=O) groups excluding carboxylic acids is 2. The van der Waals surface area contributed by atoms with Crippen LogP contribution in [-0.2, 0) is 21.9 Å². The molecule has 1 aliphatic rings. The van der Waals surface area contributed by atoms with Crippen molar-refractivity contribution in [3.8, 4) is 5.75 Å². The molecule has 1 aromatic heterocycles. The van der Waals surface area contributed by atoms with Crippen LogP contribution in [0.1, 0.15) is 33.9 Å². The molecule has 7 nitrogen and oxygen atoms in total. The number of benzene rings is 5. The molecule has 1 saturated heterocycles. The molecule has 1 unspecified atom stereocenters. The molecule has 7 rings (SSSR count). The number of hydrogen-bond acceptors (Lipinski definition) is 8. The molecule has 238 valence electrons. The Hall–Kier alpha value is -4.77. The number of Topliss-reactive ketones (excluding diaryl/α,β-unsaturated/α-hetero) is 1. The average Bonchev–Trinajstić information content (AvgIpc) is 3.68. The molecule has 0 radical (unpaired) electrons. The first-order valence-electron chi connectivity index (χ1n) is 15.1. The highest BCUT2D eigenvalue weighted by Crippen LogP contribution is 2.44. The number of amides is 1. The fourth-order valence-electron chi connectivity index (χ4n) is 5.74. The van der Waals surface area contributed by atoms with E-state index in [4.69, 9.17) is 4.74 Å². The van der Waals surface area contributed by atoms with Crippen molar-refractivity contribution in [1.29, 1.82) is 0 Å². The first-order chi connectivity index (χ1) is 23.4. The van der Waals surface area contributed by atoms with Crippen molar-refractivity contribution in [2.24, 2.45) is 0 Å². The lowest BCUT2D eigenvalue weighted by Crippen LogP contribution is -2.29. The third kappa shape index (κ3) is 6.51. The van der Waals surface area contributed by atoms with E-state index in [9.17, 15) is 14.7 Å². The number of nitrogens with zero attached hydrogens (tertiary/aromatic N) is 3. The van der Waals surface area contributed by atoms with E-state index >= 15 is 0 Å². The van der Waals surface area contributed by atoms with Crippen molar-refractivity contribution in [3.63, 3.8) is 0 Å². The van der Waals surface area contributed by atoms with Gasteiger partial charge in [-0.3, -0.25) is 14.5 Å². The zero-order valence-corrected chi connectivity index (χ0v) is 28.9. The number of fused-ring (bicyclic) bond motifs is 1. The number of aliphatic hydroxyl groups excluding tert-OH is 1. The van der Waals surface area contributed by atoms with E-state index in [1.54, 1.807) is 24.3 Å². The van der Waals surface area contributed by atoms with Crippen molar-refractivity contribution in [2.45, 2.75) is 29.7 Å². The van der Waals surface area contributed by atoms with Crippen molar-refractivity contribution in [3.05, 3.63) is 153 Å². The van der Waals surface area contributed by atoms with Gasteiger partial charge in [-0.1, -0.05) is 123 Å². The maximum atomic E-state index is 13.7. The van der Waals surface area contributed by atoms with E-state index < -0.39 is 17.7 Å². The molecule has 0 saturated carbocycles. The fourth-order valence-corrected chi connectivity index (χ4v) is 7.88. The van der Waals surface area contributed by atoms with Gasteiger partial charge in [0.1, 0.15) is 18.1 Å². The second-order valence-electron chi connectivity index (χ2n) is 11.3. The molecular weight excluding hydrogens is 706 g/mol. The van der Waals surface area contributed by atoms with Crippen LogP contribution >= 0.6 is 39.0 Å². The van der Waals surface area contributed by atoms with Gasteiger partial charge in [-0.15, -0.1) is 10.2 Å². The Morgan fingerprint density at radius 1 is 0.917 bits per heavy atom. The number of thioether (sulfide) groups is 1. The average molecular weight is 735 g/mol. The van der Waals surface area contributed by atoms with Crippen LogP contribution in [0.4, 0.5) is 5.13 Å². The van der Waals surface area contributed by atoms with Gasteiger partial charge in [0.2, 0.25) is 5.13 Å². The van der Waals surface area contributed by atoms with Gasteiger partial charge in [0.05, 0.1) is 11.6 Å². The molecule has 2 heterocycles. The largest absolute Gasteiger partial charge is 0.507 e. The number of rotatable bonds is 9. The Morgan fingerprint density at radius 3 is 2.46 bits per heavy atom. The number of aliphatic hydroxyl groups is 1. The summed E-state index contributed by atoms with van der Waals surface area (Å²) in [7, 11) is 0. The van der Waals surface area contributed by atoms with Gasteiger partial charge >= 0.3 is 5.91 Å². The lowest BCUT2D eigenvalue weighted by atomic mass is 9.95. The smallest absolute Gasteiger partial charge is 0.301 e. The predicted molar refractivity (Wildman–Crippen MR) is 194 cm³/mol. The molecule has 5 aromatic carbocycles. The molecule has 6 aromatic rings. The third-order valence-corrected chi connectivity index (χ3v) is 10.7. The summed E-state index contributed by atoms with van der Waals surface area (Å²) in [6.45, 7) is 2.43. The lowest BCUT2D eigenvalue weighted by molar-refractivity contribution is -0.132. The summed E-state index contributed by atoms with van der Waals surface area (Å²) < 4.78 is 7.45. The minimum Gasteiger partial charge on any atom is -0.507 e. The summed E-state index contributed by atoms with van der Waals surface area (Å²) in [5.41, 5.74) is 4.38. The number of carbonyl (C=O) groups is 2. The highest BCUT2D eigenvalue weighted by molar-refractivity contribution is 9.10. The van der Waals surface area contributed by atoms with Gasteiger partial charge < -0.3 is 9.84 Å². The third-order valence-electron chi connectivity index (χ3n) is 8.08. The van der Waals surface area contributed by atoms with E-state index in [0.29, 0.717) is 33.6 Å². The number of aromatic nitrogens is 2. The Labute approximate surface area is 294 Å². The molecule has 1 amide bonds. The Morgan fingerprint density at radius 2 is 1.67 bits per heavy atom. The molecule has 0 bridgehead atoms. The van der Waals surface area contributed by atoms with E-state index in [1.165, 1.54) is 33.4 Å². The Bertz CT molecular complexity index is 2180. The number of anilines is 1. The molecule has 0 spiro atoms. The highest BCUT2D eigenvalue weighted by atomic mass is 79.9. The maximum Gasteiger partial charge on any atom is 0.301 e. The highest BCUT2D eigenvalue weighted by Gasteiger charge is 2.48. The number of ether oxygens (including phenoxy) is 1. The minimum absolute atomic E-state index is 0.0177. The fraction of sp³-hybridized carbons (Fsp3) is 0.105. The molecule has 1 N–H and O–H groups in total. The van der Waals surface area contributed by atoms with Crippen LogP contribution < -0.4 is 9.64 Å². The van der Waals surface area contributed by atoms with Crippen LogP contribution in [-0.4, -0.2) is 27.0 Å². The summed E-state index contributed by atoms with van der Waals surface area (Å²) in [6, 6.07) is 35.7. The monoisotopic (exact) mass is 733 g/mol. The van der Waals surface area contributed by atoms with Crippen molar-refractivity contribution in [1.82, 2.24) is 10.2 Å². The number of hydrogen-bond donors (Lipinski definition) is 1. The standard InChI is InChI=1S/C38H28BrN3O4S2/c1-23-6-4-7-24(20-23)21-46-30-18-14-27(15-19-30)34(43)32-33(26-12-16-29(39)17-13-26)42(36(45)35(32)44)37-40-41-38(48-37)47-22-28-10-5-9-25-8-2-3-11-31(25)28/h2-20,33,43H,21-22H2,1H3/b34-32+. The zero-order valence-electron chi connectivity index (χ0n) is 25.7. The van der Waals surface area contributed by atoms with Crippen LogP contribution in [0, 0.1) is 6.92 Å². The lowest BCUT2D eigenvalue weighted by Gasteiger charge is -2.22. The second kappa shape index (κ2) is 13.8. The minimum atomic E-state index is -0.904. The number of ketones is 1. The van der Waals surface area contributed by atoms with Gasteiger partial charge in [-0.05, 0) is 70.8 Å². The SMILES string of the molecule is Cc1cccc(COc2ccc(/C(O)=C3\C(=O)C(=O)N(c4nnc(SCc5cccc6ccccc56)s4)C3c3ccc(Br)cc3)cc2)c1. The quantitative estimate of drug-likeness (QED) is 0.0521. The maximum absolute atomic E-state index is 13.7. The van der Waals surface area contributed by atoms with Crippen LogP contribution in [0.5, 0.6) is 5.75 Å². The van der Waals surface area contributed by atoms with E-state index in [0.717, 1.165) is 26.5 Å². The van der Waals surface area contributed by atoms with Crippen molar-refractivity contribution in [2.75, 3.05) is 4.90 Å². The first kappa shape index (κ1) is 31.8. The van der Waals surface area contributed by atoms with Crippen molar-refractivity contribution < 1.29 is 19.4 Å². The molecule has 1 aliphatic heterocycles. The van der Waals surface area contributed by atoms with Crippen LogP contribution in [0.15, 0.2) is 130 Å². The van der Waals surface area contributed by atoms with Gasteiger partial charge in [0, 0.05) is 15.8 Å². The summed E-state index contributed by atoms with van der Waals surface area (Å²) in [4.78, 5) is 28.7. The molecule has 48 heavy (non-hydrogen) atoms. The summed E-state index contributed by atoms with van der Waals surface area (Å²) in [6.07, 6.45) is 0. The normalized spacial score (nSPS) is 15.7. The topological polar surface area (TPSA) is 92.6 Å². The van der Waals surface area contributed by atoms with Gasteiger partial charge in [-0.2, -0.15) is 0 Å².